The summed E-state index contributed by atoms with van der Waals surface area (Å²) in [4.78, 5) is 0. The van der Waals surface area contributed by atoms with Crippen LogP contribution >= 0.6 is 22.6 Å². The van der Waals surface area contributed by atoms with Crippen molar-refractivity contribution in [3.63, 3.8) is 0 Å². The highest BCUT2D eigenvalue weighted by atomic mass is 127. The van der Waals surface area contributed by atoms with Crippen LogP contribution in [-0.4, -0.2) is 11.0 Å². The fourth-order valence-corrected chi connectivity index (χ4v) is 1.55. The first-order chi connectivity index (χ1) is 6.86. The van der Waals surface area contributed by atoms with E-state index in [0.29, 0.717) is 5.56 Å². The number of unbranched alkanes of at least 4 members (excludes halogenated alkanes) is 1. The van der Waals surface area contributed by atoms with Crippen LogP contribution in [0.4, 0.5) is 0 Å². The van der Waals surface area contributed by atoms with Crippen molar-refractivity contribution in [2.24, 2.45) is 0 Å². The molecule has 1 aromatic rings. The maximum Gasteiger partial charge on any atom is 0.119 e. The standard InChI is InChI=1S/C11H12INO/c12-7-1-2-8-14-11-5-3-10(9-13)4-6-11/h3-6H,1-2,7-8H2. The Labute approximate surface area is 98.0 Å². The summed E-state index contributed by atoms with van der Waals surface area (Å²) < 4.78 is 6.67. The van der Waals surface area contributed by atoms with Gasteiger partial charge in [0.15, 0.2) is 0 Å². The van der Waals surface area contributed by atoms with E-state index in [0.717, 1.165) is 18.8 Å². The summed E-state index contributed by atoms with van der Waals surface area (Å²) in [5, 5.41) is 8.58. The van der Waals surface area contributed by atoms with Gasteiger partial charge in [-0.05, 0) is 41.5 Å². The number of benzene rings is 1. The number of alkyl halides is 1. The molecule has 0 atom stereocenters. The highest BCUT2D eigenvalue weighted by Gasteiger charge is 1.94. The second kappa shape index (κ2) is 6.66. The lowest BCUT2D eigenvalue weighted by molar-refractivity contribution is 0.310. The van der Waals surface area contributed by atoms with Gasteiger partial charge in [0, 0.05) is 0 Å². The highest BCUT2D eigenvalue weighted by molar-refractivity contribution is 14.1. The van der Waals surface area contributed by atoms with Gasteiger partial charge >= 0.3 is 0 Å². The number of hydrogen-bond donors (Lipinski definition) is 0. The average molecular weight is 301 g/mol. The third-order valence-electron chi connectivity index (χ3n) is 1.78. The van der Waals surface area contributed by atoms with Crippen LogP contribution in [0.15, 0.2) is 24.3 Å². The van der Waals surface area contributed by atoms with Crippen LogP contribution in [0.3, 0.4) is 0 Å². The zero-order chi connectivity index (χ0) is 10.2. The van der Waals surface area contributed by atoms with Gasteiger partial charge in [-0.25, -0.2) is 0 Å². The molecule has 0 aliphatic rings. The van der Waals surface area contributed by atoms with E-state index in [1.807, 2.05) is 12.1 Å². The molecule has 2 nitrogen and oxygen atoms in total. The average Bonchev–Trinajstić information content (AvgIpc) is 2.25. The van der Waals surface area contributed by atoms with Crippen LogP contribution in [0.5, 0.6) is 5.75 Å². The van der Waals surface area contributed by atoms with Gasteiger partial charge in [0.25, 0.3) is 0 Å². The monoisotopic (exact) mass is 301 g/mol. The first-order valence-corrected chi connectivity index (χ1v) is 6.08. The fraction of sp³-hybridized carbons (Fsp3) is 0.364. The Balaban J connectivity index is 2.33. The summed E-state index contributed by atoms with van der Waals surface area (Å²) in [7, 11) is 0. The molecular weight excluding hydrogens is 289 g/mol. The Bertz CT molecular complexity index is 302. The molecule has 0 bridgehead atoms. The van der Waals surface area contributed by atoms with E-state index in [1.165, 1.54) is 10.8 Å². The van der Waals surface area contributed by atoms with Crippen molar-refractivity contribution in [1.82, 2.24) is 0 Å². The molecular formula is C11H12INO. The molecule has 0 saturated carbocycles. The van der Waals surface area contributed by atoms with E-state index in [-0.39, 0.29) is 0 Å². The third-order valence-corrected chi connectivity index (χ3v) is 2.54. The van der Waals surface area contributed by atoms with E-state index in [2.05, 4.69) is 28.7 Å². The molecule has 0 radical (unpaired) electrons. The van der Waals surface area contributed by atoms with Gasteiger partial charge in [0.05, 0.1) is 18.2 Å². The van der Waals surface area contributed by atoms with Gasteiger partial charge in [-0.3, -0.25) is 0 Å². The van der Waals surface area contributed by atoms with Crippen LogP contribution in [0, 0.1) is 11.3 Å². The molecule has 0 aromatic heterocycles. The summed E-state index contributed by atoms with van der Waals surface area (Å²) in [5.74, 6) is 0.845. The van der Waals surface area contributed by atoms with Crippen LogP contribution in [-0.2, 0) is 0 Å². The number of nitriles is 1. The summed E-state index contributed by atoms with van der Waals surface area (Å²) in [6.45, 7) is 0.759. The van der Waals surface area contributed by atoms with Crippen molar-refractivity contribution in [2.75, 3.05) is 11.0 Å². The maximum atomic E-state index is 8.58. The Morgan fingerprint density at radius 3 is 2.50 bits per heavy atom. The number of ether oxygens (including phenoxy) is 1. The molecule has 0 N–H and O–H groups in total. The Morgan fingerprint density at radius 1 is 1.21 bits per heavy atom. The summed E-state index contributed by atoms with van der Waals surface area (Å²) in [6.07, 6.45) is 2.28. The van der Waals surface area contributed by atoms with Crippen LogP contribution in [0.25, 0.3) is 0 Å². The minimum atomic E-state index is 0.671. The number of hydrogen-bond acceptors (Lipinski definition) is 2. The minimum Gasteiger partial charge on any atom is -0.494 e. The normalized spacial score (nSPS) is 9.43. The number of rotatable bonds is 5. The first-order valence-electron chi connectivity index (χ1n) is 4.56. The van der Waals surface area contributed by atoms with E-state index in [4.69, 9.17) is 10.00 Å². The molecule has 0 fully saturated rings. The Kier molecular flexibility index (Phi) is 5.38. The van der Waals surface area contributed by atoms with E-state index >= 15 is 0 Å². The molecule has 14 heavy (non-hydrogen) atoms. The highest BCUT2D eigenvalue weighted by Crippen LogP contribution is 2.11. The quantitative estimate of drug-likeness (QED) is 0.475. The van der Waals surface area contributed by atoms with E-state index < -0.39 is 0 Å². The SMILES string of the molecule is N#Cc1ccc(OCCCCI)cc1. The van der Waals surface area contributed by atoms with Gasteiger partial charge in [-0.1, -0.05) is 22.6 Å². The second-order valence-electron chi connectivity index (χ2n) is 2.88. The van der Waals surface area contributed by atoms with Crippen LogP contribution in [0.1, 0.15) is 18.4 Å². The molecule has 3 heteroatoms. The zero-order valence-corrected chi connectivity index (χ0v) is 10.0. The van der Waals surface area contributed by atoms with Gasteiger partial charge in [0.2, 0.25) is 0 Å². The predicted molar refractivity (Wildman–Crippen MR) is 64.8 cm³/mol. The Hall–Kier alpha value is -0.760. The smallest absolute Gasteiger partial charge is 0.119 e. The van der Waals surface area contributed by atoms with Crippen LogP contribution < -0.4 is 4.74 Å². The molecule has 1 aromatic carbocycles. The molecule has 74 valence electrons. The van der Waals surface area contributed by atoms with Crippen molar-refractivity contribution in [3.05, 3.63) is 29.8 Å². The lowest BCUT2D eigenvalue weighted by Gasteiger charge is -2.04. The van der Waals surface area contributed by atoms with Crippen molar-refractivity contribution in [2.45, 2.75) is 12.8 Å². The van der Waals surface area contributed by atoms with Crippen LogP contribution in [0.2, 0.25) is 0 Å². The van der Waals surface area contributed by atoms with Gasteiger partial charge in [-0.2, -0.15) is 5.26 Å². The maximum absolute atomic E-state index is 8.58. The van der Waals surface area contributed by atoms with Crippen molar-refractivity contribution in [3.8, 4) is 11.8 Å². The van der Waals surface area contributed by atoms with E-state index in [1.54, 1.807) is 12.1 Å². The summed E-state index contributed by atoms with van der Waals surface area (Å²) >= 11 is 2.36. The molecule has 0 spiro atoms. The van der Waals surface area contributed by atoms with Crippen molar-refractivity contribution in [1.29, 1.82) is 5.26 Å². The molecule has 1 rings (SSSR count). The largest absolute Gasteiger partial charge is 0.494 e. The number of nitrogens with zero attached hydrogens (tertiary/aromatic N) is 1. The minimum absolute atomic E-state index is 0.671. The Morgan fingerprint density at radius 2 is 1.93 bits per heavy atom. The van der Waals surface area contributed by atoms with Gasteiger partial charge in [0.1, 0.15) is 5.75 Å². The lowest BCUT2D eigenvalue weighted by Crippen LogP contribution is -1.97. The number of halogens is 1. The molecule has 0 unspecified atom stereocenters. The summed E-state index contributed by atoms with van der Waals surface area (Å²) in [5.41, 5.74) is 0.671. The molecule has 0 aliphatic heterocycles. The first kappa shape index (κ1) is 11.3. The molecule has 0 aliphatic carbocycles. The second-order valence-corrected chi connectivity index (χ2v) is 3.96. The fourth-order valence-electron chi connectivity index (χ4n) is 1.01. The topological polar surface area (TPSA) is 33.0 Å². The molecule has 0 heterocycles. The van der Waals surface area contributed by atoms with Gasteiger partial charge < -0.3 is 4.74 Å². The third kappa shape index (κ3) is 3.97. The van der Waals surface area contributed by atoms with Gasteiger partial charge in [-0.15, -0.1) is 0 Å². The summed E-state index contributed by atoms with van der Waals surface area (Å²) in [6, 6.07) is 9.29. The van der Waals surface area contributed by atoms with E-state index in [9.17, 15) is 0 Å². The molecule has 0 saturated heterocycles. The lowest BCUT2D eigenvalue weighted by atomic mass is 10.2. The molecule has 0 amide bonds. The van der Waals surface area contributed by atoms with Crippen molar-refractivity contribution < 1.29 is 4.74 Å². The predicted octanol–water partition coefficient (Wildman–Crippen LogP) is 3.15. The zero-order valence-electron chi connectivity index (χ0n) is 7.87. The van der Waals surface area contributed by atoms with Crippen molar-refractivity contribution >= 4 is 22.6 Å².